The number of hydrogen-bond acceptors (Lipinski definition) is 1. The Balaban J connectivity index is 3.04. The van der Waals surface area contributed by atoms with Crippen LogP contribution in [0.3, 0.4) is 0 Å². The molecule has 0 aromatic carbocycles. The smallest absolute Gasteiger partial charge is 0.221 e. The largest absolute Gasteiger partial charge is 0.369 e. The minimum absolute atomic E-state index is 0.0741. The van der Waals surface area contributed by atoms with Gasteiger partial charge in [-0.1, -0.05) is 47.5 Å². The summed E-state index contributed by atoms with van der Waals surface area (Å²) in [7, 11) is 0. The van der Waals surface area contributed by atoms with Crippen LogP contribution in [0.15, 0.2) is 0 Å². The van der Waals surface area contributed by atoms with Crippen LogP contribution in [0.5, 0.6) is 0 Å². The molecule has 1 rings (SSSR count). The van der Waals surface area contributed by atoms with Crippen molar-refractivity contribution in [1.82, 2.24) is 0 Å². The van der Waals surface area contributed by atoms with E-state index < -0.39 is 0 Å². The first kappa shape index (κ1) is 14.5. The fourth-order valence-corrected chi connectivity index (χ4v) is 3.94. The van der Waals surface area contributed by atoms with Crippen molar-refractivity contribution in [3.05, 3.63) is 0 Å². The van der Waals surface area contributed by atoms with Gasteiger partial charge in [-0.2, -0.15) is 0 Å². The number of amides is 1. The molecule has 4 unspecified atom stereocenters. The van der Waals surface area contributed by atoms with E-state index in [-0.39, 0.29) is 11.8 Å². The third-order valence-electron chi connectivity index (χ3n) is 5.27. The third-order valence-corrected chi connectivity index (χ3v) is 5.27. The van der Waals surface area contributed by atoms with E-state index in [2.05, 4.69) is 34.6 Å². The highest BCUT2D eigenvalue weighted by molar-refractivity contribution is 5.77. The SMILES string of the molecule is CCC1C(C(N)=O)C(C(C)C)CCC1(C)CC. The summed E-state index contributed by atoms with van der Waals surface area (Å²) in [6.45, 7) is 11.2. The van der Waals surface area contributed by atoms with Crippen LogP contribution in [0.4, 0.5) is 0 Å². The molecule has 0 aromatic rings. The van der Waals surface area contributed by atoms with E-state index in [9.17, 15) is 4.79 Å². The predicted octanol–water partition coefficient (Wildman–Crippen LogP) is 3.60. The fourth-order valence-electron chi connectivity index (χ4n) is 3.94. The van der Waals surface area contributed by atoms with Crippen molar-refractivity contribution < 1.29 is 4.79 Å². The van der Waals surface area contributed by atoms with E-state index in [1.54, 1.807) is 0 Å². The van der Waals surface area contributed by atoms with Crippen LogP contribution in [0.25, 0.3) is 0 Å². The highest BCUT2D eigenvalue weighted by atomic mass is 16.1. The summed E-state index contributed by atoms with van der Waals surface area (Å²) in [6.07, 6.45) is 4.63. The number of nitrogens with two attached hydrogens (primary N) is 1. The van der Waals surface area contributed by atoms with Crippen LogP contribution in [-0.2, 0) is 4.79 Å². The van der Waals surface area contributed by atoms with Crippen LogP contribution < -0.4 is 5.73 Å². The molecule has 1 saturated carbocycles. The molecule has 1 aliphatic carbocycles. The molecule has 0 spiro atoms. The Morgan fingerprint density at radius 3 is 2.35 bits per heavy atom. The van der Waals surface area contributed by atoms with Gasteiger partial charge in [-0.15, -0.1) is 0 Å². The van der Waals surface area contributed by atoms with Gasteiger partial charge in [0.25, 0.3) is 0 Å². The lowest BCUT2D eigenvalue weighted by atomic mass is 9.55. The maximum absolute atomic E-state index is 11.9. The molecule has 1 amide bonds. The fraction of sp³-hybridized carbons (Fsp3) is 0.933. The highest BCUT2D eigenvalue weighted by Gasteiger charge is 2.47. The maximum Gasteiger partial charge on any atom is 0.221 e. The lowest BCUT2D eigenvalue weighted by Crippen LogP contribution is -2.48. The molecule has 4 atom stereocenters. The molecule has 2 heteroatoms. The number of carbonyl (C=O) groups excluding carboxylic acids is 1. The molecule has 0 aromatic heterocycles. The number of rotatable bonds is 4. The molecule has 1 aliphatic rings. The molecular formula is C15H29NO. The van der Waals surface area contributed by atoms with Crippen LogP contribution >= 0.6 is 0 Å². The van der Waals surface area contributed by atoms with Gasteiger partial charge in [-0.25, -0.2) is 0 Å². The second-order valence-electron chi connectivity index (χ2n) is 6.40. The Bertz CT molecular complexity index is 274. The number of hydrogen-bond donors (Lipinski definition) is 1. The van der Waals surface area contributed by atoms with Gasteiger partial charge in [0.15, 0.2) is 0 Å². The van der Waals surface area contributed by atoms with Crippen molar-refractivity contribution in [2.24, 2.45) is 34.8 Å². The van der Waals surface area contributed by atoms with Crippen LogP contribution in [0.2, 0.25) is 0 Å². The topological polar surface area (TPSA) is 43.1 Å². The number of primary amides is 1. The third kappa shape index (κ3) is 2.66. The monoisotopic (exact) mass is 239 g/mol. The van der Waals surface area contributed by atoms with Crippen molar-refractivity contribution >= 4 is 5.91 Å². The first-order chi connectivity index (χ1) is 7.87. The molecule has 0 bridgehead atoms. The van der Waals surface area contributed by atoms with Crippen molar-refractivity contribution in [2.75, 3.05) is 0 Å². The first-order valence-electron chi connectivity index (χ1n) is 7.16. The molecule has 17 heavy (non-hydrogen) atoms. The molecule has 2 nitrogen and oxygen atoms in total. The number of carbonyl (C=O) groups is 1. The first-order valence-corrected chi connectivity index (χ1v) is 7.16. The molecule has 0 aliphatic heterocycles. The van der Waals surface area contributed by atoms with Gasteiger partial charge in [0, 0.05) is 5.92 Å². The van der Waals surface area contributed by atoms with Crippen molar-refractivity contribution in [3.8, 4) is 0 Å². The molecule has 1 fully saturated rings. The summed E-state index contributed by atoms with van der Waals surface area (Å²) >= 11 is 0. The minimum Gasteiger partial charge on any atom is -0.369 e. The van der Waals surface area contributed by atoms with E-state index >= 15 is 0 Å². The summed E-state index contributed by atoms with van der Waals surface area (Å²) in [5.41, 5.74) is 6.00. The molecular weight excluding hydrogens is 210 g/mol. The average molecular weight is 239 g/mol. The summed E-state index contributed by atoms with van der Waals surface area (Å²) in [6, 6.07) is 0. The Kier molecular flexibility index (Phi) is 4.62. The lowest BCUT2D eigenvalue weighted by molar-refractivity contribution is -0.132. The van der Waals surface area contributed by atoms with Crippen LogP contribution in [-0.4, -0.2) is 5.91 Å². The average Bonchev–Trinajstić information content (AvgIpc) is 2.27. The summed E-state index contributed by atoms with van der Waals surface area (Å²) < 4.78 is 0. The second-order valence-corrected chi connectivity index (χ2v) is 6.40. The standard InChI is InChI=1S/C15H29NO/c1-6-12-13(14(16)17)11(10(3)4)8-9-15(12,5)7-2/h10-13H,6-9H2,1-5H3,(H2,16,17). The van der Waals surface area contributed by atoms with Gasteiger partial charge in [0.05, 0.1) is 0 Å². The van der Waals surface area contributed by atoms with Gasteiger partial charge in [0.1, 0.15) is 0 Å². The molecule has 0 radical (unpaired) electrons. The Labute approximate surface area is 106 Å². The predicted molar refractivity (Wildman–Crippen MR) is 72.4 cm³/mol. The Hall–Kier alpha value is -0.530. The quantitative estimate of drug-likeness (QED) is 0.800. The van der Waals surface area contributed by atoms with Gasteiger partial charge in [-0.05, 0) is 36.0 Å². The summed E-state index contributed by atoms with van der Waals surface area (Å²) in [4.78, 5) is 11.9. The minimum atomic E-state index is -0.0741. The van der Waals surface area contributed by atoms with Crippen LogP contribution in [0.1, 0.15) is 60.3 Å². The zero-order valence-electron chi connectivity index (χ0n) is 12.1. The van der Waals surface area contributed by atoms with E-state index in [0.29, 0.717) is 23.2 Å². The van der Waals surface area contributed by atoms with E-state index in [1.807, 2.05) is 0 Å². The van der Waals surface area contributed by atoms with Crippen molar-refractivity contribution in [3.63, 3.8) is 0 Å². The molecule has 0 saturated heterocycles. The van der Waals surface area contributed by atoms with Gasteiger partial charge >= 0.3 is 0 Å². The Morgan fingerprint density at radius 2 is 2.00 bits per heavy atom. The van der Waals surface area contributed by atoms with Gasteiger partial charge in [0.2, 0.25) is 5.91 Å². The molecule has 100 valence electrons. The van der Waals surface area contributed by atoms with E-state index in [1.165, 1.54) is 6.42 Å². The Morgan fingerprint density at radius 1 is 1.41 bits per heavy atom. The lowest BCUT2D eigenvalue weighted by Gasteiger charge is -2.49. The van der Waals surface area contributed by atoms with Crippen molar-refractivity contribution in [2.45, 2.75) is 60.3 Å². The van der Waals surface area contributed by atoms with Crippen LogP contribution in [0, 0.1) is 29.1 Å². The van der Waals surface area contributed by atoms with Crippen molar-refractivity contribution in [1.29, 1.82) is 0 Å². The van der Waals surface area contributed by atoms with Gasteiger partial charge in [-0.3, -0.25) is 4.79 Å². The molecule has 2 N–H and O–H groups in total. The van der Waals surface area contributed by atoms with Gasteiger partial charge < -0.3 is 5.73 Å². The molecule has 0 heterocycles. The normalized spacial score (nSPS) is 38.4. The van der Waals surface area contributed by atoms with E-state index in [0.717, 1.165) is 19.3 Å². The second kappa shape index (κ2) is 5.41. The summed E-state index contributed by atoms with van der Waals surface area (Å²) in [5, 5.41) is 0. The zero-order chi connectivity index (χ0) is 13.2. The zero-order valence-corrected chi connectivity index (χ0v) is 12.1. The summed E-state index contributed by atoms with van der Waals surface area (Å²) in [5.74, 6) is 1.51. The van der Waals surface area contributed by atoms with E-state index in [4.69, 9.17) is 5.73 Å². The highest BCUT2D eigenvalue weighted by Crippen LogP contribution is 2.51. The maximum atomic E-state index is 11.9.